The van der Waals surface area contributed by atoms with Crippen LogP contribution in [0.2, 0.25) is 0 Å². The van der Waals surface area contributed by atoms with Crippen molar-refractivity contribution in [1.29, 1.82) is 0 Å². The molecular weight excluding hydrogens is 816 g/mol. The van der Waals surface area contributed by atoms with E-state index in [9.17, 15) is 19.4 Å². The number of hydrogen-bond acceptors (Lipinski definition) is 6. The molecular formula is C55H93N2O6P. The molecule has 0 heterocycles. The maximum atomic E-state index is 12.9. The number of phosphoric acid groups is 1. The zero-order chi connectivity index (χ0) is 47.1. The summed E-state index contributed by atoms with van der Waals surface area (Å²) in [5.74, 6) is -0.262. The number of carbonyl (C=O) groups excluding carboxylic acids is 1. The number of aliphatic hydroxyl groups excluding tert-OH is 1. The Morgan fingerprint density at radius 2 is 0.953 bits per heavy atom. The SMILES string of the molecule is CC/C=C\C/C=C\C/C=C\C/C=C\C/C=C\C/C=C\C/C=C\C/C=C\C/C=C\CCCC(=O)NC(COP(=O)([O-])OCC[N+](C)(C)C)C(O)/C=C/CCCCCCCCCCCCC. The van der Waals surface area contributed by atoms with Gasteiger partial charge in [0.1, 0.15) is 13.2 Å². The van der Waals surface area contributed by atoms with Crippen molar-refractivity contribution < 1.29 is 32.9 Å². The smallest absolute Gasteiger partial charge is 0.268 e. The highest BCUT2D eigenvalue weighted by Gasteiger charge is 2.23. The lowest BCUT2D eigenvalue weighted by molar-refractivity contribution is -0.870. The largest absolute Gasteiger partial charge is 0.756 e. The highest BCUT2D eigenvalue weighted by atomic mass is 31.2. The number of carbonyl (C=O) groups is 1. The summed E-state index contributed by atoms with van der Waals surface area (Å²) in [5, 5.41) is 13.7. The van der Waals surface area contributed by atoms with Gasteiger partial charge < -0.3 is 28.8 Å². The summed E-state index contributed by atoms with van der Waals surface area (Å²) in [6, 6.07) is -0.925. The molecule has 0 saturated heterocycles. The molecule has 0 rings (SSSR count). The number of amides is 1. The molecule has 0 aromatic heterocycles. The second-order valence-electron chi connectivity index (χ2n) is 17.4. The molecule has 364 valence electrons. The summed E-state index contributed by atoms with van der Waals surface area (Å²) >= 11 is 0. The summed E-state index contributed by atoms with van der Waals surface area (Å²) in [6.07, 6.45) is 66.9. The van der Waals surface area contributed by atoms with Crippen LogP contribution in [0.4, 0.5) is 0 Å². The van der Waals surface area contributed by atoms with Gasteiger partial charge in [-0.1, -0.05) is 200 Å². The Kier molecular flexibility index (Phi) is 42.9. The van der Waals surface area contributed by atoms with Crippen LogP contribution in [-0.2, 0) is 18.4 Å². The fourth-order valence-electron chi connectivity index (χ4n) is 6.27. The van der Waals surface area contributed by atoms with Crippen LogP contribution in [0.15, 0.2) is 122 Å². The Labute approximate surface area is 393 Å². The highest BCUT2D eigenvalue weighted by molar-refractivity contribution is 7.45. The van der Waals surface area contributed by atoms with Crippen LogP contribution in [0.5, 0.6) is 0 Å². The van der Waals surface area contributed by atoms with E-state index in [0.29, 0.717) is 17.4 Å². The number of allylic oxidation sites excluding steroid dienone is 19. The van der Waals surface area contributed by atoms with Crippen LogP contribution in [0, 0.1) is 0 Å². The molecule has 0 aliphatic carbocycles. The quantitative estimate of drug-likeness (QED) is 0.0273. The van der Waals surface area contributed by atoms with Crippen LogP contribution < -0.4 is 10.2 Å². The maximum absolute atomic E-state index is 12.9. The van der Waals surface area contributed by atoms with Crippen LogP contribution >= 0.6 is 7.82 Å². The van der Waals surface area contributed by atoms with Gasteiger partial charge in [0, 0.05) is 6.42 Å². The second kappa shape index (κ2) is 45.1. The van der Waals surface area contributed by atoms with E-state index in [1.54, 1.807) is 6.08 Å². The monoisotopic (exact) mass is 909 g/mol. The van der Waals surface area contributed by atoms with Gasteiger partial charge in [-0.2, -0.15) is 0 Å². The minimum atomic E-state index is -4.61. The first-order valence-electron chi connectivity index (χ1n) is 24.9. The van der Waals surface area contributed by atoms with Gasteiger partial charge in [0.2, 0.25) is 5.91 Å². The molecule has 0 aliphatic rings. The normalized spacial score (nSPS) is 15.2. The fraction of sp³-hybridized carbons (Fsp3) is 0.618. The Morgan fingerprint density at radius 3 is 1.38 bits per heavy atom. The summed E-state index contributed by atoms with van der Waals surface area (Å²) < 4.78 is 23.2. The lowest BCUT2D eigenvalue weighted by Gasteiger charge is -2.29. The standard InChI is InChI=1S/C55H93N2O6P/c1-6-8-10-12-14-16-18-20-21-22-23-24-25-26-27-28-29-30-31-32-33-34-35-37-39-41-43-45-47-49-55(59)56-53(52-63-64(60,61)62-51-50-57(3,4)5)54(58)48-46-44-42-40-38-36-19-17-15-13-11-9-7-2/h8,10,14,16,20-21,23-24,26-27,29-30,32-33,35,37,41,43,46,48,53-54,58H,6-7,9,11-13,15,17-19,22,25,28,31,34,36,38-40,42,44-45,47,49-52H2,1-5H3,(H-,56,59,60,61)/b10-8-,16-14-,21-20-,24-23-,27-26-,30-29-,33-32-,37-35-,43-41-,48-46+. The number of phosphoric ester groups is 1. The van der Waals surface area contributed by atoms with Crippen LogP contribution in [0.1, 0.15) is 168 Å². The van der Waals surface area contributed by atoms with Crippen molar-refractivity contribution in [2.24, 2.45) is 0 Å². The van der Waals surface area contributed by atoms with Crippen molar-refractivity contribution in [1.82, 2.24) is 5.32 Å². The average Bonchev–Trinajstić information content (AvgIpc) is 3.25. The molecule has 0 radical (unpaired) electrons. The fourth-order valence-corrected chi connectivity index (χ4v) is 6.99. The lowest BCUT2D eigenvalue weighted by atomic mass is 10.0. The van der Waals surface area contributed by atoms with Gasteiger partial charge in [0.15, 0.2) is 0 Å². The molecule has 0 bridgehead atoms. The molecule has 0 aromatic rings. The number of quaternary nitrogens is 1. The molecule has 3 atom stereocenters. The van der Waals surface area contributed by atoms with E-state index in [1.807, 2.05) is 27.2 Å². The Balaban J connectivity index is 4.43. The first-order valence-corrected chi connectivity index (χ1v) is 26.4. The molecule has 64 heavy (non-hydrogen) atoms. The van der Waals surface area contributed by atoms with Crippen LogP contribution in [0.3, 0.4) is 0 Å². The molecule has 2 N–H and O–H groups in total. The summed E-state index contributed by atoms with van der Waals surface area (Å²) in [7, 11) is 1.20. The van der Waals surface area contributed by atoms with Gasteiger partial charge >= 0.3 is 0 Å². The number of hydrogen-bond donors (Lipinski definition) is 2. The van der Waals surface area contributed by atoms with Crippen molar-refractivity contribution in [3.63, 3.8) is 0 Å². The Morgan fingerprint density at radius 1 is 0.562 bits per heavy atom. The molecule has 0 spiro atoms. The molecule has 0 saturated carbocycles. The van der Waals surface area contributed by atoms with Crippen molar-refractivity contribution in [2.45, 2.75) is 180 Å². The van der Waals surface area contributed by atoms with E-state index in [1.165, 1.54) is 57.8 Å². The maximum Gasteiger partial charge on any atom is 0.268 e. The summed E-state index contributed by atoms with van der Waals surface area (Å²) in [6.45, 7) is 4.45. The third kappa shape index (κ3) is 46.9. The van der Waals surface area contributed by atoms with Crippen molar-refractivity contribution in [3.8, 4) is 0 Å². The zero-order valence-electron chi connectivity index (χ0n) is 41.2. The van der Waals surface area contributed by atoms with Gasteiger partial charge in [-0.3, -0.25) is 9.36 Å². The minimum Gasteiger partial charge on any atom is -0.756 e. The molecule has 8 nitrogen and oxygen atoms in total. The molecule has 0 aliphatic heterocycles. The summed E-state index contributed by atoms with van der Waals surface area (Å²) in [5.41, 5.74) is 0. The first-order chi connectivity index (χ1) is 31.0. The van der Waals surface area contributed by atoms with Crippen LogP contribution in [-0.4, -0.2) is 68.5 Å². The number of nitrogens with one attached hydrogen (secondary N) is 1. The summed E-state index contributed by atoms with van der Waals surface area (Å²) in [4.78, 5) is 25.3. The molecule has 0 aromatic carbocycles. The van der Waals surface area contributed by atoms with Crippen LogP contribution in [0.25, 0.3) is 0 Å². The minimum absolute atomic E-state index is 0.0190. The van der Waals surface area contributed by atoms with Gasteiger partial charge in [-0.15, -0.1) is 0 Å². The molecule has 0 fully saturated rings. The van der Waals surface area contributed by atoms with E-state index in [2.05, 4.69) is 129 Å². The molecule has 9 heteroatoms. The van der Waals surface area contributed by atoms with E-state index < -0.39 is 26.6 Å². The number of likely N-dealkylation sites (N-methyl/N-ethyl adjacent to an activating group) is 1. The second-order valence-corrected chi connectivity index (χ2v) is 18.8. The number of nitrogens with zero attached hydrogens (tertiary/aromatic N) is 1. The number of unbranched alkanes of at least 4 members (excludes halogenated alkanes) is 12. The Bertz CT molecular complexity index is 1450. The first kappa shape index (κ1) is 60.9. The van der Waals surface area contributed by atoms with E-state index in [0.717, 1.165) is 83.5 Å². The highest BCUT2D eigenvalue weighted by Crippen LogP contribution is 2.38. The topological polar surface area (TPSA) is 108 Å². The van der Waals surface area contributed by atoms with Gasteiger partial charge in [-0.05, 0) is 83.5 Å². The third-order valence-corrected chi connectivity index (χ3v) is 11.1. The van der Waals surface area contributed by atoms with Crippen molar-refractivity contribution in [3.05, 3.63) is 122 Å². The number of rotatable bonds is 43. The molecule has 3 unspecified atom stereocenters. The third-order valence-electron chi connectivity index (χ3n) is 10.2. The zero-order valence-corrected chi connectivity index (χ0v) is 42.1. The Hall–Kier alpha value is -3.10. The predicted octanol–water partition coefficient (Wildman–Crippen LogP) is 14.0. The molecule has 1 amide bonds. The number of aliphatic hydroxyl groups is 1. The van der Waals surface area contributed by atoms with Gasteiger partial charge in [0.25, 0.3) is 7.82 Å². The van der Waals surface area contributed by atoms with E-state index in [4.69, 9.17) is 9.05 Å². The van der Waals surface area contributed by atoms with Crippen molar-refractivity contribution >= 4 is 13.7 Å². The average molecular weight is 909 g/mol. The lowest BCUT2D eigenvalue weighted by Crippen LogP contribution is -2.45. The van der Waals surface area contributed by atoms with Gasteiger partial charge in [0.05, 0.1) is 39.9 Å². The van der Waals surface area contributed by atoms with Crippen molar-refractivity contribution in [2.75, 3.05) is 40.9 Å². The van der Waals surface area contributed by atoms with E-state index >= 15 is 0 Å². The van der Waals surface area contributed by atoms with E-state index in [-0.39, 0.29) is 18.9 Å². The predicted molar refractivity (Wildman–Crippen MR) is 274 cm³/mol. The van der Waals surface area contributed by atoms with Gasteiger partial charge in [-0.25, -0.2) is 0 Å².